The normalized spacial score (nSPS) is 10.2. The lowest BCUT2D eigenvalue weighted by molar-refractivity contribution is 0.0948. The SMILES string of the molecule is COc1ccc(C(=O)NCc2cccc(CCl)c2)c(O)c1. The van der Waals surface area contributed by atoms with Crippen LogP contribution >= 0.6 is 11.6 Å². The van der Waals surface area contributed by atoms with E-state index >= 15 is 0 Å². The molecule has 0 aliphatic heterocycles. The van der Waals surface area contributed by atoms with Gasteiger partial charge < -0.3 is 15.2 Å². The van der Waals surface area contributed by atoms with Gasteiger partial charge in [0.15, 0.2) is 0 Å². The Kier molecular flexibility index (Phi) is 5.06. The summed E-state index contributed by atoms with van der Waals surface area (Å²) < 4.78 is 4.98. The predicted octanol–water partition coefficient (Wildman–Crippen LogP) is 3.07. The first-order valence-electron chi connectivity index (χ1n) is 6.43. The number of hydrogen-bond donors (Lipinski definition) is 2. The zero-order chi connectivity index (χ0) is 15.2. The molecule has 0 aliphatic rings. The van der Waals surface area contributed by atoms with Crippen molar-refractivity contribution in [2.45, 2.75) is 12.4 Å². The van der Waals surface area contributed by atoms with Crippen molar-refractivity contribution in [3.8, 4) is 11.5 Å². The van der Waals surface area contributed by atoms with Gasteiger partial charge in [-0.05, 0) is 23.3 Å². The molecule has 0 radical (unpaired) electrons. The van der Waals surface area contributed by atoms with E-state index in [0.717, 1.165) is 11.1 Å². The molecule has 21 heavy (non-hydrogen) atoms. The topological polar surface area (TPSA) is 58.6 Å². The summed E-state index contributed by atoms with van der Waals surface area (Å²) in [6.45, 7) is 0.370. The number of phenols is 1. The van der Waals surface area contributed by atoms with Crippen molar-refractivity contribution >= 4 is 17.5 Å². The molecule has 5 heteroatoms. The first kappa shape index (κ1) is 15.2. The number of hydrogen-bond acceptors (Lipinski definition) is 3. The number of alkyl halides is 1. The van der Waals surface area contributed by atoms with Crippen LogP contribution < -0.4 is 10.1 Å². The summed E-state index contributed by atoms with van der Waals surface area (Å²) >= 11 is 5.77. The van der Waals surface area contributed by atoms with E-state index < -0.39 is 0 Å². The van der Waals surface area contributed by atoms with Gasteiger partial charge in [0.05, 0.1) is 12.7 Å². The second kappa shape index (κ2) is 6.99. The van der Waals surface area contributed by atoms with E-state index in [2.05, 4.69) is 5.32 Å². The molecular weight excluding hydrogens is 290 g/mol. The number of benzene rings is 2. The number of aromatic hydroxyl groups is 1. The fraction of sp³-hybridized carbons (Fsp3) is 0.188. The minimum absolute atomic E-state index is 0.110. The quantitative estimate of drug-likeness (QED) is 0.835. The largest absolute Gasteiger partial charge is 0.507 e. The van der Waals surface area contributed by atoms with Gasteiger partial charge in [0.2, 0.25) is 0 Å². The Hall–Kier alpha value is -2.20. The van der Waals surface area contributed by atoms with Gasteiger partial charge in [-0.15, -0.1) is 11.6 Å². The number of methoxy groups -OCH3 is 1. The Labute approximate surface area is 128 Å². The van der Waals surface area contributed by atoms with Gasteiger partial charge in [-0.1, -0.05) is 24.3 Å². The van der Waals surface area contributed by atoms with Crippen LogP contribution in [0.15, 0.2) is 42.5 Å². The molecule has 4 nitrogen and oxygen atoms in total. The standard InChI is InChI=1S/C16H16ClNO3/c1-21-13-5-6-14(15(19)8-13)16(20)18-10-12-4-2-3-11(7-12)9-17/h2-8,19H,9-10H2,1H3,(H,18,20). The first-order chi connectivity index (χ1) is 10.1. The maximum atomic E-state index is 12.1. The molecule has 0 bridgehead atoms. The zero-order valence-corrected chi connectivity index (χ0v) is 12.4. The lowest BCUT2D eigenvalue weighted by Gasteiger charge is -2.09. The number of rotatable bonds is 5. The van der Waals surface area contributed by atoms with E-state index in [4.69, 9.17) is 16.3 Å². The van der Waals surface area contributed by atoms with Crippen LogP contribution in [-0.4, -0.2) is 18.1 Å². The van der Waals surface area contributed by atoms with E-state index in [-0.39, 0.29) is 17.2 Å². The predicted molar refractivity (Wildman–Crippen MR) is 81.8 cm³/mol. The van der Waals surface area contributed by atoms with Gasteiger partial charge in [0.1, 0.15) is 11.5 Å². The van der Waals surface area contributed by atoms with E-state index in [1.54, 1.807) is 6.07 Å². The molecule has 0 atom stereocenters. The van der Waals surface area contributed by atoms with Crippen molar-refractivity contribution in [1.82, 2.24) is 5.32 Å². The Morgan fingerprint density at radius 2 is 2.00 bits per heavy atom. The van der Waals surface area contributed by atoms with Gasteiger partial charge in [-0.3, -0.25) is 4.79 Å². The first-order valence-corrected chi connectivity index (χ1v) is 6.96. The van der Waals surface area contributed by atoms with Crippen molar-refractivity contribution in [2.24, 2.45) is 0 Å². The molecule has 0 unspecified atom stereocenters. The van der Waals surface area contributed by atoms with Crippen LogP contribution in [0.4, 0.5) is 0 Å². The molecular formula is C16H16ClNO3. The van der Waals surface area contributed by atoms with Crippen molar-refractivity contribution < 1.29 is 14.6 Å². The van der Waals surface area contributed by atoms with Crippen LogP contribution in [-0.2, 0) is 12.4 Å². The number of carbonyl (C=O) groups is 1. The minimum Gasteiger partial charge on any atom is -0.507 e. The highest BCUT2D eigenvalue weighted by Gasteiger charge is 2.11. The second-order valence-corrected chi connectivity index (χ2v) is 4.79. The Balaban J connectivity index is 2.04. The summed E-state index contributed by atoms with van der Waals surface area (Å²) in [6.07, 6.45) is 0. The summed E-state index contributed by atoms with van der Waals surface area (Å²) in [5, 5.41) is 12.6. The molecule has 0 aliphatic carbocycles. The number of amides is 1. The van der Waals surface area contributed by atoms with Crippen molar-refractivity contribution in [3.63, 3.8) is 0 Å². The van der Waals surface area contributed by atoms with Crippen LogP contribution in [0, 0.1) is 0 Å². The molecule has 0 heterocycles. The molecule has 0 saturated carbocycles. The Bertz CT molecular complexity index is 643. The van der Waals surface area contributed by atoms with Gasteiger partial charge in [0.25, 0.3) is 5.91 Å². The van der Waals surface area contributed by atoms with Crippen LogP contribution in [0.25, 0.3) is 0 Å². The molecule has 2 aromatic rings. The molecule has 0 aromatic heterocycles. The van der Waals surface area contributed by atoms with E-state index in [1.807, 2.05) is 24.3 Å². The van der Waals surface area contributed by atoms with Crippen LogP contribution in [0.2, 0.25) is 0 Å². The zero-order valence-electron chi connectivity index (χ0n) is 11.6. The smallest absolute Gasteiger partial charge is 0.255 e. The monoisotopic (exact) mass is 305 g/mol. The molecule has 0 spiro atoms. The lowest BCUT2D eigenvalue weighted by Crippen LogP contribution is -2.22. The summed E-state index contributed by atoms with van der Waals surface area (Å²) in [5.41, 5.74) is 2.16. The summed E-state index contributed by atoms with van der Waals surface area (Å²) in [7, 11) is 1.50. The number of ether oxygens (including phenoxy) is 1. The van der Waals surface area contributed by atoms with Gasteiger partial charge in [0, 0.05) is 18.5 Å². The lowest BCUT2D eigenvalue weighted by atomic mass is 10.1. The second-order valence-electron chi connectivity index (χ2n) is 4.52. The number of phenolic OH excluding ortho intramolecular Hbond substituents is 1. The van der Waals surface area contributed by atoms with E-state index in [0.29, 0.717) is 18.2 Å². The van der Waals surface area contributed by atoms with Gasteiger partial charge >= 0.3 is 0 Å². The van der Waals surface area contributed by atoms with Crippen molar-refractivity contribution in [2.75, 3.05) is 7.11 Å². The van der Waals surface area contributed by atoms with Crippen LogP contribution in [0.5, 0.6) is 11.5 Å². The average molecular weight is 306 g/mol. The maximum absolute atomic E-state index is 12.1. The van der Waals surface area contributed by atoms with Crippen molar-refractivity contribution in [3.05, 3.63) is 59.2 Å². The van der Waals surface area contributed by atoms with Gasteiger partial charge in [-0.2, -0.15) is 0 Å². The average Bonchev–Trinajstić information content (AvgIpc) is 2.52. The molecule has 2 N–H and O–H groups in total. The molecule has 0 saturated heterocycles. The molecule has 0 fully saturated rings. The third-order valence-electron chi connectivity index (χ3n) is 3.05. The number of carbonyl (C=O) groups excluding carboxylic acids is 1. The summed E-state index contributed by atoms with van der Waals surface area (Å²) in [4.78, 5) is 12.1. The summed E-state index contributed by atoms with van der Waals surface area (Å²) in [5.74, 6) is 0.479. The highest BCUT2D eigenvalue weighted by Crippen LogP contribution is 2.23. The molecule has 2 rings (SSSR count). The fourth-order valence-electron chi connectivity index (χ4n) is 1.93. The molecule has 110 valence electrons. The number of nitrogens with one attached hydrogen (secondary N) is 1. The molecule has 1 amide bonds. The third-order valence-corrected chi connectivity index (χ3v) is 3.36. The summed E-state index contributed by atoms with van der Waals surface area (Å²) in [6, 6.07) is 12.2. The number of halogens is 1. The Morgan fingerprint density at radius 3 is 2.67 bits per heavy atom. The minimum atomic E-state index is -0.341. The molecule has 2 aromatic carbocycles. The van der Waals surface area contributed by atoms with E-state index in [1.165, 1.54) is 19.2 Å². The highest BCUT2D eigenvalue weighted by molar-refractivity contribution is 6.17. The van der Waals surface area contributed by atoms with Crippen molar-refractivity contribution in [1.29, 1.82) is 0 Å². The van der Waals surface area contributed by atoms with Gasteiger partial charge in [-0.25, -0.2) is 0 Å². The van der Waals surface area contributed by atoms with Crippen LogP contribution in [0.3, 0.4) is 0 Å². The third kappa shape index (κ3) is 3.89. The Morgan fingerprint density at radius 1 is 1.24 bits per heavy atom. The highest BCUT2D eigenvalue weighted by atomic mass is 35.5. The van der Waals surface area contributed by atoms with E-state index in [9.17, 15) is 9.90 Å². The maximum Gasteiger partial charge on any atom is 0.255 e. The van der Waals surface area contributed by atoms with Crippen LogP contribution in [0.1, 0.15) is 21.5 Å². The fourth-order valence-corrected chi connectivity index (χ4v) is 2.10.